The average Bonchev–Trinajstić information content (AvgIpc) is 2.46. The third-order valence-corrected chi connectivity index (χ3v) is 3.22. The molecule has 0 radical (unpaired) electrons. The minimum Gasteiger partial charge on any atom is -0.383 e. The van der Waals surface area contributed by atoms with Gasteiger partial charge in [-0.1, -0.05) is 18.2 Å². The number of aliphatic hydroxyl groups is 1. The largest absolute Gasteiger partial charge is 0.383 e. The van der Waals surface area contributed by atoms with Crippen molar-refractivity contribution in [3.8, 4) is 0 Å². The topological polar surface area (TPSA) is 33.1 Å². The van der Waals surface area contributed by atoms with Crippen molar-refractivity contribution < 1.29 is 13.9 Å². The van der Waals surface area contributed by atoms with E-state index >= 15 is 0 Å². The smallest absolute Gasteiger partial charge is 0.132 e. The van der Waals surface area contributed by atoms with Crippen LogP contribution in [0.15, 0.2) is 54.7 Å². The van der Waals surface area contributed by atoms with Gasteiger partial charge in [-0.25, -0.2) is 8.78 Å². The van der Waals surface area contributed by atoms with Gasteiger partial charge in [0.1, 0.15) is 17.7 Å². The number of rotatable bonds is 2. The number of hydrogen-bond acceptors (Lipinski definition) is 2. The molecule has 1 atom stereocenters. The molecule has 0 aliphatic carbocycles. The van der Waals surface area contributed by atoms with E-state index in [1.54, 1.807) is 30.5 Å². The van der Waals surface area contributed by atoms with Crippen molar-refractivity contribution in [3.05, 3.63) is 77.5 Å². The van der Waals surface area contributed by atoms with Crippen molar-refractivity contribution in [2.24, 2.45) is 0 Å². The molecule has 20 heavy (non-hydrogen) atoms. The van der Waals surface area contributed by atoms with E-state index in [4.69, 9.17) is 0 Å². The first-order chi connectivity index (χ1) is 9.66. The monoisotopic (exact) mass is 271 g/mol. The number of nitrogens with zero attached hydrogens (tertiary/aromatic N) is 1. The van der Waals surface area contributed by atoms with Crippen LogP contribution in [0.1, 0.15) is 17.2 Å². The minimum atomic E-state index is -1.35. The highest BCUT2D eigenvalue weighted by atomic mass is 19.1. The van der Waals surface area contributed by atoms with Gasteiger partial charge in [0.15, 0.2) is 0 Å². The maximum absolute atomic E-state index is 13.7. The maximum atomic E-state index is 13.7. The summed E-state index contributed by atoms with van der Waals surface area (Å²) in [6, 6.07) is 12.1. The highest BCUT2D eigenvalue weighted by Gasteiger charge is 2.19. The third-order valence-electron chi connectivity index (χ3n) is 3.22. The van der Waals surface area contributed by atoms with Crippen LogP contribution in [0, 0.1) is 11.6 Å². The lowest BCUT2D eigenvalue weighted by molar-refractivity contribution is 0.209. The number of aliphatic hydroxyl groups excluding tert-OH is 1. The van der Waals surface area contributed by atoms with Gasteiger partial charge in [0.2, 0.25) is 0 Å². The molecule has 100 valence electrons. The predicted octanol–water partition coefficient (Wildman–Crippen LogP) is 3.59. The molecule has 3 rings (SSSR count). The van der Waals surface area contributed by atoms with Gasteiger partial charge in [0.05, 0.1) is 11.1 Å². The minimum absolute atomic E-state index is 0.337. The molecule has 0 saturated heterocycles. The quantitative estimate of drug-likeness (QED) is 0.772. The van der Waals surface area contributed by atoms with Crippen molar-refractivity contribution in [3.63, 3.8) is 0 Å². The van der Waals surface area contributed by atoms with Crippen LogP contribution in [0.4, 0.5) is 8.78 Å². The number of pyridine rings is 1. The van der Waals surface area contributed by atoms with Crippen LogP contribution >= 0.6 is 0 Å². The summed E-state index contributed by atoms with van der Waals surface area (Å²) in [5, 5.41) is 11.0. The Balaban J connectivity index is 2.10. The van der Waals surface area contributed by atoms with Gasteiger partial charge < -0.3 is 5.11 Å². The van der Waals surface area contributed by atoms with Crippen LogP contribution < -0.4 is 0 Å². The summed E-state index contributed by atoms with van der Waals surface area (Å²) < 4.78 is 27.4. The van der Waals surface area contributed by atoms with Crippen molar-refractivity contribution >= 4 is 10.9 Å². The Kier molecular flexibility index (Phi) is 3.16. The van der Waals surface area contributed by atoms with Crippen LogP contribution in [0.5, 0.6) is 0 Å². The second-order valence-electron chi connectivity index (χ2n) is 4.49. The van der Waals surface area contributed by atoms with E-state index in [2.05, 4.69) is 4.98 Å². The van der Waals surface area contributed by atoms with E-state index in [-0.39, 0.29) is 5.56 Å². The third kappa shape index (κ3) is 2.14. The molecular weight excluding hydrogens is 260 g/mol. The van der Waals surface area contributed by atoms with E-state index < -0.39 is 17.7 Å². The molecule has 0 saturated carbocycles. The molecule has 0 aliphatic heterocycles. The van der Waals surface area contributed by atoms with Gasteiger partial charge in [-0.2, -0.15) is 0 Å². The van der Waals surface area contributed by atoms with Gasteiger partial charge in [0.25, 0.3) is 0 Å². The molecule has 0 spiro atoms. The van der Waals surface area contributed by atoms with Crippen molar-refractivity contribution in [1.29, 1.82) is 0 Å². The molecule has 1 unspecified atom stereocenters. The Hall–Kier alpha value is -2.33. The fourth-order valence-corrected chi connectivity index (χ4v) is 2.20. The fraction of sp³-hybridized carbons (Fsp3) is 0.0625. The van der Waals surface area contributed by atoms with Gasteiger partial charge in [-0.3, -0.25) is 4.98 Å². The molecule has 2 aromatic carbocycles. The molecule has 1 N–H and O–H groups in total. The first-order valence-electron chi connectivity index (χ1n) is 6.13. The highest BCUT2D eigenvalue weighted by Crippen LogP contribution is 2.28. The van der Waals surface area contributed by atoms with Crippen molar-refractivity contribution in [2.45, 2.75) is 6.10 Å². The standard InChI is InChI=1S/C16H11F2NO/c17-12-4-1-5-13(18)15(12)16(20)11-6-7-14-10(9-11)3-2-8-19-14/h1-9,16,20H. The molecular formula is C16H11F2NO. The number of halogens is 2. The Bertz CT molecular complexity index is 753. The normalized spacial score (nSPS) is 12.6. The zero-order chi connectivity index (χ0) is 14.1. The number of aromatic nitrogens is 1. The van der Waals surface area contributed by atoms with Crippen LogP contribution in [-0.4, -0.2) is 10.1 Å². The van der Waals surface area contributed by atoms with Gasteiger partial charge in [0, 0.05) is 11.6 Å². The predicted molar refractivity (Wildman–Crippen MR) is 72.2 cm³/mol. The maximum Gasteiger partial charge on any atom is 0.132 e. The van der Waals surface area contributed by atoms with Crippen molar-refractivity contribution in [2.75, 3.05) is 0 Å². The molecule has 1 heterocycles. The lowest BCUT2D eigenvalue weighted by Gasteiger charge is -2.13. The molecule has 0 bridgehead atoms. The Morgan fingerprint density at radius 2 is 1.70 bits per heavy atom. The number of fused-ring (bicyclic) bond motifs is 1. The summed E-state index contributed by atoms with van der Waals surface area (Å²) in [7, 11) is 0. The van der Waals surface area contributed by atoms with Gasteiger partial charge in [-0.05, 0) is 35.9 Å². The van der Waals surface area contributed by atoms with E-state index in [0.29, 0.717) is 5.56 Å². The van der Waals surface area contributed by atoms with Crippen molar-refractivity contribution in [1.82, 2.24) is 4.98 Å². The van der Waals surface area contributed by atoms with Crippen LogP contribution in [0.3, 0.4) is 0 Å². The van der Waals surface area contributed by atoms with Crippen LogP contribution in [0.2, 0.25) is 0 Å². The second-order valence-corrected chi connectivity index (χ2v) is 4.49. The molecule has 2 nitrogen and oxygen atoms in total. The van der Waals surface area contributed by atoms with E-state index in [9.17, 15) is 13.9 Å². The number of benzene rings is 2. The van der Waals surface area contributed by atoms with Gasteiger partial charge in [-0.15, -0.1) is 0 Å². The summed E-state index contributed by atoms with van der Waals surface area (Å²) in [5.41, 5.74) is 0.850. The summed E-state index contributed by atoms with van der Waals surface area (Å²) in [6.07, 6.45) is 0.315. The Morgan fingerprint density at radius 3 is 2.45 bits per heavy atom. The number of hydrogen-bond donors (Lipinski definition) is 1. The molecule has 4 heteroatoms. The lowest BCUT2D eigenvalue weighted by Crippen LogP contribution is -2.05. The Labute approximate surface area is 114 Å². The first kappa shape index (κ1) is 12.7. The lowest BCUT2D eigenvalue weighted by atomic mass is 9.99. The zero-order valence-corrected chi connectivity index (χ0v) is 10.4. The zero-order valence-electron chi connectivity index (χ0n) is 10.4. The summed E-state index contributed by atoms with van der Waals surface area (Å²) >= 11 is 0. The van der Waals surface area contributed by atoms with E-state index in [1.165, 1.54) is 6.07 Å². The summed E-state index contributed by atoms with van der Waals surface area (Å²) in [5.74, 6) is -1.52. The van der Waals surface area contributed by atoms with E-state index in [0.717, 1.165) is 23.0 Å². The second kappa shape index (κ2) is 4.98. The summed E-state index contributed by atoms with van der Waals surface area (Å²) in [4.78, 5) is 4.16. The average molecular weight is 271 g/mol. The molecule has 1 aromatic heterocycles. The fourth-order valence-electron chi connectivity index (χ4n) is 2.20. The summed E-state index contributed by atoms with van der Waals surface area (Å²) in [6.45, 7) is 0. The molecule has 0 amide bonds. The van der Waals surface area contributed by atoms with E-state index in [1.807, 2.05) is 6.07 Å². The Morgan fingerprint density at radius 1 is 0.950 bits per heavy atom. The molecule has 0 aliphatic rings. The first-order valence-corrected chi connectivity index (χ1v) is 6.13. The molecule has 3 aromatic rings. The van der Waals surface area contributed by atoms with Gasteiger partial charge >= 0.3 is 0 Å². The van der Waals surface area contributed by atoms with Crippen LogP contribution in [-0.2, 0) is 0 Å². The molecule has 0 fully saturated rings. The van der Waals surface area contributed by atoms with Crippen LogP contribution in [0.25, 0.3) is 10.9 Å². The SMILES string of the molecule is OC(c1ccc2ncccc2c1)c1c(F)cccc1F. The highest BCUT2D eigenvalue weighted by molar-refractivity contribution is 5.79.